The lowest BCUT2D eigenvalue weighted by Crippen LogP contribution is -2.46. The third-order valence-electron chi connectivity index (χ3n) is 5.30. The van der Waals surface area contributed by atoms with E-state index in [1.165, 1.54) is 11.3 Å². The fourth-order valence-corrected chi connectivity index (χ4v) is 4.57. The zero-order chi connectivity index (χ0) is 20.1. The highest BCUT2D eigenvalue weighted by Gasteiger charge is 2.22. The highest BCUT2D eigenvalue weighted by Crippen LogP contribution is 2.24. The van der Waals surface area contributed by atoms with E-state index in [4.69, 9.17) is 0 Å². The smallest absolute Gasteiger partial charge is 0.263 e. The van der Waals surface area contributed by atoms with Gasteiger partial charge in [0.25, 0.3) is 5.91 Å². The number of aromatic nitrogens is 2. The van der Waals surface area contributed by atoms with Crippen molar-refractivity contribution >= 4 is 34.1 Å². The van der Waals surface area contributed by atoms with Crippen LogP contribution in [-0.2, 0) is 4.79 Å². The van der Waals surface area contributed by atoms with Crippen LogP contribution >= 0.6 is 11.3 Å². The quantitative estimate of drug-likeness (QED) is 0.693. The van der Waals surface area contributed by atoms with E-state index >= 15 is 0 Å². The van der Waals surface area contributed by atoms with Crippen molar-refractivity contribution in [2.24, 2.45) is 0 Å². The highest BCUT2D eigenvalue weighted by atomic mass is 32.1. The summed E-state index contributed by atoms with van der Waals surface area (Å²) in [6.07, 6.45) is 5.86. The third-order valence-corrected chi connectivity index (χ3v) is 6.36. The van der Waals surface area contributed by atoms with Gasteiger partial charge in [-0.2, -0.15) is 0 Å². The normalized spacial score (nSPS) is 17.1. The number of amides is 2. The third kappa shape index (κ3) is 4.84. The molecule has 8 nitrogen and oxygen atoms in total. The first-order valence-corrected chi connectivity index (χ1v) is 10.9. The summed E-state index contributed by atoms with van der Waals surface area (Å²) in [5.74, 6) is 1.14. The molecule has 0 unspecified atom stereocenters. The van der Waals surface area contributed by atoms with Crippen molar-refractivity contribution in [3.05, 3.63) is 35.5 Å². The molecule has 0 atom stereocenters. The van der Waals surface area contributed by atoms with Crippen molar-refractivity contribution in [3.63, 3.8) is 0 Å². The molecule has 2 amide bonds. The number of rotatable bonds is 7. The molecule has 0 radical (unpaired) electrons. The number of pyridine rings is 1. The summed E-state index contributed by atoms with van der Waals surface area (Å²) in [5.41, 5.74) is 0. The topological polar surface area (TPSA) is 81.7 Å². The Morgan fingerprint density at radius 1 is 1.10 bits per heavy atom. The van der Waals surface area contributed by atoms with E-state index in [9.17, 15) is 9.59 Å². The van der Waals surface area contributed by atoms with E-state index in [1.54, 1.807) is 6.20 Å². The molecule has 0 aliphatic carbocycles. The number of thiazole rings is 1. The minimum Gasteiger partial charge on any atom is -0.353 e. The van der Waals surface area contributed by atoms with Gasteiger partial charge in [-0.05, 0) is 25.0 Å². The summed E-state index contributed by atoms with van der Waals surface area (Å²) >= 11 is 1.43. The first kappa shape index (κ1) is 19.6. The zero-order valence-electron chi connectivity index (χ0n) is 16.4. The van der Waals surface area contributed by atoms with Gasteiger partial charge >= 0.3 is 0 Å². The number of piperazine rings is 1. The van der Waals surface area contributed by atoms with Gasteiger partial charge in [0, 0.05) is 58.4 Å². The molecule has 29 heavy (non-hydrogen) atoms. The second-order valence-corrected chi connectivity index (χ2v) is 8.27. The summed E-state index contributed by atoms with van der Waals surface area (Å²) in [5, 5.41) is 3.83. The summed E-state index contributed by atoms with van der Waals surface area (Å²) in [7, 11) is 0. The van der Waals surface area contributed by atoms with Crippen molar-refractivity contribution in [2.75, 3.05) is 55.6 Å². The molecular formula is C20H26N6O2S. The average molecular weight is 415 g/mol. The molecule has 0 spiro atoms. The van der Waals surface area contributed by atoms with E-state index in [2.05, 4.69) is 25.1 Å². The summed E-state index contributed by atoms with van der Waals surface area (Å²) in [6.45, 7) is 5.61. The molecule has 0 bridgehead atoms. The van der Waals surface area contributed by atoms with Gasteiger partial charge in [0.15, 0.2) is 5.13 Å². The summed E-state index contributed by atoms with van der Waals surface area (Å²) in [4.78, 5) is 39.8. The maximum Gasteiger partial charge on any atom is 0.263 e. The Bertz CT molecular complexity index is 835. The number of likely N-dealkylation sites (tertiary alicyclic amines) is 1. The van der Waals surface area contributed by atoms with Crippen molar-refractivity contribution in [2.45, 2.75) is 19.3 Å². The molecule has 2 aromatic rings. The van der Waals surface area contributed by atoms with Gasteiger partial charge in [-0.1, -0.05) is 17.4 Å². The van der Waals surface area contributed by atoms with Gasteiger partial charge in [0.2, 0.25) is 5.91 Å². The number of anilines is 2. The van der Waals surface area contributed by atoms with E-state index in [0.29, 0.717) is 24.4 Å². The number of carbonyl (C=O) groups is 2. The number of nitrogens with zero attached hydrogens (tertiary/aromatic N) is 5. The fourth-order valence-electron chi connectivity index (χ4n) is 3.68. The minimum absolute atomic E-state index is 0.0892. The predicted octanol–water partition coefficient (Wildman–Crippen LogP) is 1.61. The molecule has 2 aliphatic heterocycles. The Morgan fingerprint density at radius 2 is 1.93 bits per heavy atom. The van der Waals surface area contributed by atoms with Crippen LogP contribution in [0.25, 0.3) is 0 Å². The van der Waals surface area contributed by atoms with Crippen LogP contribution in [0, 0.1) is 0 Å². The molecule has 0 saturated carbocycles. The zero-order valence-corrected chi connectivity index (χ0v) is 17.2. The Morgan fingerprint density at radius 3 is 2.66 bits per heavy atom. The van der Waals surface area contributed by atoms with Crippen molar-refractivity contribution < 1.29 is 9.59 Å². The van der Waals surface area contributed by atoms with Crippen molar-refractivity contribution in [1.82, 2.24) is 20.2 Å². The first-order valence-electron chi connectivity index (χ1n) is 10.1. The number of carbonyl (C=O) groups excluding carboxylic acids is 2. The lowest BCUT2D eigenvalue weighted by atomic mass is 10.3. The minimum atomic E-state index is -0.0892. The summed E-state index contributed by atoms with van der Waals surface area (Å²) in [6, 6.07) is 5.96. The SMILES string of the molecule is O=C(NCCCN1CCCC1=O)c1cnc(N2CCN(c3ccccn3)CC2)s1. The van der Waals surface area contributed by atoms with E-state index in [1.807, 2.05) is 29.3 Å². The Kier molecular flexibility index (Phi) is 6.24. The van der Waals surface area contributed by atoms with Gasteiger partial charge in [0.05, 0.1) is 6.20 Å². The maximum atomic E-state index is 12.4. The van der Waals surface area contributed by atoms with Crippen LogP contribution in [0.1, 0.15) is 28.9 Å². The van der Waals surface area contributed by atoms with Crippen LogP contribution in [0.4, 0.5) is 10.9 Å². The van der Waals surface area contributed by atoms with Gasteiger partial charge in [-0.25, -0.2) is 9.97 Å². The standard InChI is InChI=1S/C20H26N6O2S/c27-18-6-3-9-25(18)10-4-8-22-19(28)16-15-23-20(29-16)26-13-11-24(12-14-26)17-5-1-2-7-21-17/h1-2,5,7,15H,3-4,6,8-14H2,(H,22,28). The molecular weight excluding hydrogens is 388 g/mol. The lowest BCUT2D eigenvalue weighted by Gasteiger charge is -2.35. The molecule has 4 rings (SSSR count). The highest BCUT2D eigenvalue weighted by molar-refractivity contribution is 7.17. The number of hydrogen-bond donors (Lipinski definition) is 1. The molecule has 2 fully saturated rings. The molecule has 4 heterocycles. The Labute approximate surface area is 174 Å². The molecule has 2 aliphatic rings. The summed E-state index contributed by atoms with van der Waals surface area (Å²) < 4.78 is 0. The van der Waals surface area contributed by atoms with Crippen molar-refractivity contribution in [3.8, 4) is 0 Å². The average Bonchev–Trinajstić information content (AvgIpc) is 3.41. The fraction of sp³-hybridized carbons (Fsp3) is 0.500. The molecule has 2 aromatic heterocycles. The first-order chi connectivity index (χ1) is 14.2. The lowest BCUT2D eigenvalue weighted by molar-refractivity contribution is -0.127. The second-order valence-electron chi connectivity index (χ2n) is 7.26. The van der Waals surface area contributed by atoms with Crippen LogP contribution < -0.4 is 15.1 Å². The molecule has 154 valence electrons. The van der Waals surface area contributed by atoms with Crippen LogP contribution in [0.3, 0.4) is 0 Å². The largest absolute Gasteiger partial charge is 0.353 e. The van der Waals surface area contributed by atoms with Gasteiger partial charge in [0.1, 0.15) is 10.7 Å². The Balaban J connectivity index is 1.22. The van der Waals surface area contributed by atoms with E-state index in [0.717, 1.165) is 56.5 Å². The van der Waals surface area contributed by atoms with Gasteiger partial charge in [-0.3, -0.25) is 9.59 Å². The van der Waals surface area contributed by atoms with E-state index in [-0.39, 0.29) is 11.8 Å². The van der Waals surface area contributed by atoms with Gasteiger partial charge in [-0.15, -0.1) is 0 Å². The molecule has 0 aromatic carbocycles. The van der Waals surface area contributed by atoms with Crippen LogP contribution in [0.15, 0.2) is 30.6 Å². The number of nitrogens with one attached hydrogen (secondary N) is 1. The Hall–Kier alpha value is -2.68. The predicted molar refractivity (Wildman–Crippen MR) is 114 cm³/mol. The molecule has 1 N–H and O–H groups in total. The molecule has 2 saturated heterocycles. The number of hydrogen-bond acceptors (Lipinski definition) is 7. The van der Waals surface area contributed by atoms with Crippen LogP contribution in [0.5, 0.6) is 0 Å². The van der Waals surface area contributed by atoms with Crippen LogP contribution in [-0.4, -0.2) is 72.5 Å². The van der Waals surface area contributed by atoms with Gasteiger partial charge < -0.3 is 20.0 Å². The maximum absolute atomic E-state index is 12.4. The van der Waals surface area contributed by atoms with Crippen LogP contribution in [0.2, 0.25) is 0 Å². The van der Waals surface area contributed by atoms with Crippen molar-refractivity contribution in [1.29, 1.82) is 0 Å². The van der Waals surface area contributed by atoms with E-state index < -0.39 is 0 Å². The molecule has 9 heteroatoms. The monoisotopic (exact) mass is 414 g/mol. The second kappa shape index (κ2) is 9.21.